The summed E-state index contributed by atoms with van der Waals surface area (Å²) in [6.45, 7) is 4.02. The van der Waals surface area contributed by atoms with Crippen LogP contribution in [0.1, 0.15) is 12.0 Å². The van der Waals surface area contributed by atoms with Gasteiger partial charge in [-0.25, -0.2) is 15.0 Å². The number of aliphatic hydroxyl groups is 1. The van der Waals surface area contributed by atoms with Crippen LogP contribution in [0.15, 0.2) is 41.7 Å². The van der Waals surface area contributed by atoms with E-state index in [4.69, 9.17) is 5.11 Å². The summed E-state index contributed by atoms with van der Waals surface area (Å²) in [5.41, 5.74) is 3.05. The zero-order valence-corrected chi connectivity index (χ0v) is 18.8. The van der Waals surface area contributed by atoms with Crippen LogP contribution in [0.25, 0.3) is 10.4 Å². The van der Waals surface area contributed by atoms with Gasteiger partial charge in [0, 0.05) is 36.9 Å². The molecule has 1 aliphatic heterocycles. The van der Waals surface area contributed by atoms with Gasteiger partial charge in [0.15, 0.2) is 5.13 Å². The first kappa shape index (κ1) is 21.5. The van der Waals surface area contributed by atoms with Crippen molar-refractivity contribution in [3.63, 3.8) is 0 Å². The Morgan fingerprint density at radius 2 is 2.23 bits per heavy atom. The van der Waals surface area contributed by atoms with E-state index in [9.17, 15) is 4.79 Å². The molecule has 4 rings (SSSR count). The summed E-state index contributed by atoms with van der Waals surface area (Å²) in [5.74, 6) is 1.15. The average Bonchev–Trinajstić information content (AvgIpc) is 3.15. The molecule has 0 radical (unpaired) electrons. The van der Waals surface area contributed by atoms with E-state index < -0.39 is 0 Å². The number of nitrogens with one attached hydrogen (secondary N) is 2. The van der Waals surface area contributed by atoms with Gasteiger partial charge in [0.05, 0.1) is 18.0 Å². The fourth-order valence-corrected chi connectivity index (χ4v) is 4.81. The highest BCUT2D eigenvalue weighted by atomic mass is 32.2. The van der Waals surface area contributed by atoms with Crippen LogP contribution >= 0.6 is 23.1 Å². The van der Waals surface area contributed by atoms with Gasteiger partial charge >= 0.3 is 0 Å². The minimum absolute atomic E-state index is 0.0377. The van der Waals surface area contributed by atoms with Crippen LogP contribution in [0, 0.1) is 6.92 Å². The molecule has 0 saturated carbocycles. The van der Waals surface area contributed by atoms with Gasteiger partial charge in [0.2, 0.25) is 11.9 Å². The maximum Gasteiger partial charge on any atom is 0.239 e. The summed E-state index contributed by atoms with van der Waals surface area (Å²) < 4.78 is 0. The molecule has 1 amide bonds. The molecule has 0 aliphatic carbocycles. The molecule has 3 N–H and O–H groups in total. The molecule has 31 heavy (non-hydrogen) atoms. The van der Waals surface area contributed by atoms with Gasteiger partial charge in [0.1, 0.15) is 5.03 Å². The van der Waals surface area contributed by atoms with E-state index in [0.717, 1.165) is 44.8 Å². The van der Waals surface area contributed by atoms with E-state index in [-0.39, 0.29) is 12.5 Å². The predicted molar refractivity (Wildman–Crippen MR) is 125 cm³/mol. The highest BCUT2D eigenvalue weighted by molar-refractivity contribution is 7.99. The number of carbonyl (C=O) groups is 1. The number of hydrogen-bond acceptors (Lipinski definition) is 9. The quantitative estimate of drug-likeness (QED) is 0.368. The Morgan fingerprint density at radius 3 is 3.10 bits per heavy atom. The van der Waals surface area contributed by atoms with Crippen LogP contribution in [-0.4, -0.2) is 58.0 Å². The summed E-state index contributed by atoms with van der Waals surface area (Å²) >= 11 is 3.07. The number of anilines is 3. The Balaban J connectivity index is 1.53. The topological polar surface area (TPSA) is 103 Å². The molecule has 0 unspecified atom stereocenters. The van der Waals surface area contributed by atoms with Gasteiger partial charge in [-0.1, -0.05) is 17.4 Å². The van der Waals surface area contributed by atoms with Crippen molar-refractivity contribution in [2.24, 2.45) is 0 Å². The number of aryl methyl sites for hydroxylation is 1. The second kappa shape index (κ2) is 10.1. The summed E-state index contributed by atoms with van der Waals surface area (Å²) in [6, 6.07) is 8.04. The lowest BCUT2D eigenvalue weighted by atomic mass is 10.1. The summed E-state index contributed by atoms with van der Waals surface area (Å²) in [5, 5.41) is 16.9. The first-order valence-corrected chi connectivity index (χ1v) is 11.8. The number of aliphatic hydroxyl groups excluding tert-OH is 1. The zero-order chi connectivity index (χ0) is 21.6. The first-order chi connectivity index (χ1) is 15.1. The van der Waals surface area contributed by atoms with Crippen LogP contribution in [0.5, 0.6) is 0 Å². The van der Waals surface area contributed by atoms with Crippen molar-refractivity contribution in [2.45, 2.75) is 18.4 Å². The second-order valence-corrected chi connectivity index (χ2v) is 9.26. The molecule has 0 spiro atoms. The van der Waals surface area contributed by atoms with Crippen LogP contribution in [0.2, 0.25) is 0 Å². The maximum absolute atomic E-state index is 11.9. The molecule has 1 fully saturated rings. The Kier molecular flexibility index (Phi) is 7.00. The Bertz CT molecular complexity index is 1060. The van der Waals surface area contributed by atoms with E-state index in [1.165, 1.54) is 11.8 Å². The number of aromatic nitrogens is 3. The van der Waals surface area contributed by atoms with Crippen molar-refractivity contribution in [1.29, 1.82) is 0 Å². The van der Waals surface area contributed by atoms with E-state index in [1.54, 1.807) is 17.5 Å². The lowest BCUT2D eigenvalue weighted by molar-refractivity contribution is -0.119. The van der Waals surface area contributed by atoms with Crippen LogP contribution in [0.3, 0.4) is 0 Å². The number of benzene rings is 1. The molecule has 162 valence electrons. The number of hydrogen-bond donors (Lipinski definition) is 3. The van der Waals surface area contributed by atoms with Gasteiger partial charge in [-0.15, -0.1) is 11.8 Å². The SMILES string of the molecule is Cc1cc(Nc2nccc(SCCO)n2)cc(-c2cnc(N3CCCNC(=O)C3)s2)c1. The highest BCUT2D eigenvalue weighted by Crippen LogP contribution is 2.34. The molecule has 2 aromatic heterocycles. The Morgan fingerprint density at radius 1 is 1.32 bits per heavy atom. The van der Waals surface area contributed by atoms with E-state index in [1.807, 2.05) is 30.2 Å². The maximum atomic E-state index is 11.9. The molecule has 0 bridgehead atoms. The van der Waals surface area contributed by atoms with E-state index >= 15 is 0 Å². The van der Waals surface area contributed by atoms with Gasteiger partial charge in [-0.3, -0.25) is 4.79 Å². The monoisotopic (exact) mass is 456 g/mol. The molecule has 3 heterocycles. The van der Waals surface area contributed by atoms with Gasteiger partial charge in [0.25, 0.3) is 0 Å². The smallest absolute Gasteiger partial charge is 0.239 e. The lowest BCUT2D eigenvalue weighted by Gasteiger charge is -2.17. The fraction of sp³-hybridized carbons (Fsp3) is 0.333. The van der Waals surface area contributed by atoms with Gasteiger partial charge in [-0.05, 0) is 42.7 Å². The highest BCUT2D eigenvalue weighted by Gasteiger charge is 2.18. The summed E-state index contributed by atoms with van der Waals surface area (Å²) in [4.78, 5) is 28.3. The van der Waals surface area contributed by atoms with Crippen LogP contribution < -0.4 is 15.5 Å². The lowest BCUT2D eigenvalue weighted by Crippen LogP contribution is -2.32. The minimum Gasteiger partial charge on any atom is -0.396 e. The molecule has 10 heteroatoms. The molecule has 1 saturated heterocycles. The second-order valence-electron chi connectivity index (χ2n) is 7.14. The molecule has 0 atom stereocenters. The van der Waals surface area contributed by atoms with Crippen molar-refractivity contribution >= 4 is 45.8 Å². The predicted octanol–water partition coefficient (Wildman–Crippen LogP) is 3.06. The minimum atomic E-state index is 0.0377. The van der Waals surface area contributed by atoms with E-state index in [2.05, 4.69) is 37.7 Å². The standard InChI is InChI=1S/C21H24N6O2S2/c1-14-9-15(17-12-24-21(31-17)27-6-2-4-22-18(29)13-27)11-16(10-14)25-20-23-5-3-19(26-20)30-8-7-28/h3,5,9-12,28H,2,4,6-8,13H2,1H3,(H,22,29)(H,23,25,26). The number of rotatable bonds is 7. The Labute approximate surface area is 189 Å². The Hall–Kier alpha value is -2.69. The number of thiazole rings is 1. The number of nitrogens with zero attached hydrogens (tertiary/aromatic N) is 4. The van der Waals surface area contributed by atoms with Crippen molar-refractivity contribution < 1.29 is 9.90 Å². The van der Waals surface area contributed by atoms with Gasteiger partial charge in [-0.2, -0.15) is 0 Å². The van der Waals surface area contributed by atoms with Crippen molar-refractivity contribution in [2.75, 3.05) is 42.2 Å². The largest absolute Gasteiger partial charge is 0.396 e. The van der Waals surface area contributed by atoms with Crippen LogP contribution in [-0.2, 0) is 4.79 Å². The molecule has 1 aromatic carbocycles. The van der Waals surface area contributed by atoms with Gasteiger partial charge < -0.3 is 20.6 Å². The van der Waals surface area contributed by atoms with Crippen molar-refractivity contribution in [1.82, 2.24) is 20.3 Å². The third-order valence-electron chi connectivity index (χ3n) is 4.61. The van der Waals surface area contributed by atoms with Crippen LogP contribution in [0.4, 0.5) is 16.8 Å². The number of carbonyl (C=O) groups excluding carboxylic acids is 1. The number of thioether (sulfide) groups is 1. The molecule has 1 aliphatic rings. The summed E-state index contributed by atoms with van der Waals surface area (Å²) in [7, 11) is 0. The van der Waals surface area contributed by atoms with E-state index in [0.29, 0.717) is 24.8 Å². The zero-order valence-electron chi connectivity index (χ0n) is 17.2. The first-order valence-electron chi connectivity index (χ1n) is 10.0. The molecule has 8 nitrogen and oxygen atoms in total. The molecule has 3 aromatic rings. The van der Waals surface area contributed by atoms with Crippen molar-refractivity contribution in [3.05, 3.63) is 42.2 Å². The van der Waals surface area contributed by atoms with Crippen molar-refractivity contribution in [3.8, 4) is 10.4 Å². The summed E-state index contributed by atoms with van der Waals surface area (Å²) in [6.07, 6.45) is 4.48. The third-order valence-corrected chi connectivity index (χ3v) is 6.63. The molecular weight excluding hydrogens is 432 g/mol. The average molecular weight is 457 g/mol. The fourth-order valence-electron chi connectivity index (χ4n) is 3.27. The molecular formula is C21H24N6O2S2. The third kappa shape index (κ3) is 5.72. The normalized spacial score (nSPS) is 14.3. The number of amides is 1.